The number of hydrogen-bond donors (Lipinski definition) is 0. The molecule has 0 radical (unpaired) electrons. The lowest BCUT2D eigenvalue weighted by Gasteiger charge is -2.19. The summed E-state index contributed by atoms with van der Waals surface area (Å²) >= 11 is 0. The van der Waals surface area contributed by atoms with Gasteiger partial charge >= 0.3 is 0 Å². The van der Waals surface area contributed by atoms with Gasteiger partial charge < -0.3 is 4.90 Å². The van der Waals surface area contributed by atoms with Crippen LogP contribution in [0.5, 0.6) is 0 Å². The first kappa shape index (κ1) is 14.3. The van der Waals surface area contributed by atoms with Crippen LogP contribution in [0.1, 0.15) is 32.6 Å². The van der Waals surface area contributed by atoms with Crippen LogP contribution in [0.25, 0.3) is 0 Å². The van der Waals surface area contributed by atoms with Gasteiger partial charge in [-0.25, -0.2) is 0 Å². The van der Waals surface area contributed by atoms with E-state index >= 15 is 0 Å². The lowest BCUT2D eigenvalue weighted by molar-refractivity contribution is 0.0784. The monoisotopic (exact) mass is 267 g/mol. The Morgan fingerprint density at radius 1 is 0.950 bits per heavy atom. The molecule has 0 fully saturated rings. The highest BCUT2D eigenvalue weighted by atomic mass is 16.2. The number of hydrogen-bond acceptors (Lipinski definition) is 1. The van der Waals surface area contributed by atoms with Gasteiger partial charge in [-0.1, -0.05) is 47.5 Å². The highest BCUT2D eigenvalue weighted by Crippen LogP contribution is 2.14. The van der Waals surface area contributed by atoms with Crippen LogP contribution in [-0.2, 0) is 6.54 Å². The van der Waals surface area contributed by atoms with Crippen LogP contribution in [-0.4, -0.2) is 17.9 Å². The van der Waals surface area contributed by atoms with Gasteiger partial charge in [-0.3, -0.25) is 4.79 Å². The minimum absolute atomic E-state index is 0.0723. The van der Waals surface area contributed by atoms with Crippen molar-refractivity contribution in [3.63, 3.8) is 0 Å². The summed E-state index contributed by atoms with van der Waals surface area (Å²) in [6, 6.07) is 14.2. The molecule has 20 heavy (non-hydrogen) atoms. The van der Waals surface area contributed by atoms with Crippen LogP contribution in [0.2, 0.25) is 0 Å². The Morgan fingerprint density at radius 3 is 2.15 bits per heavy atom. The largest absolute Gasteiger partial charge is 0.337 e. The Kier molecular flexibility index (Phi) is 4.23. The first-order chi connectivity index (χ1) is 9.47. The van der Waals surface area contributed by atoms with Crippen molar-refractivity contribution in [2.24, 2.45) is 0 Å². The second kappa shape index (κ2) is 5.91. The maximum atomic E-state index is 12.5. The molecule has 1 amide bonds. The SMILES string of the molecule is Cc1ccc(CN(C)C(=O)c2ccc(C)cc2C)cc1. The Bertz CT molecular complexity index is 614. The normalized spacial score (nSPS) is 10.4. The third-order valence-corrected chi connectivity index (χ3v) is 3.50. The van der Waals surface area contributed by atoms with Crippen molar-refractivity contribution in [2.75, 3.05) is 7.05 Å². The highest BCUT2D eigenvalue weighted by Gasteiger charge is 2.14. The Balaban J connectivity index is 2.14. The van der Waals surface area contributed by atoms with Crippen LogP contribution in [0.15, 0.2) is 42.5 Å². The van der Waals surface area contributed by atoms with Gasteiger partial charge in [0.2, 0.25) is 0 Å². The van der Waals surface area contributed by atoms with E-state index in [0.717, 1.165) is 16.7 Å². The van der Waals surface area contributed by atoms with Crippen molar-refractivity contribution in [1.29, 1.82) is 0 Å². The highest BCUT2D eigenvalue weighted by molar-refractivity contribution is 5.95. The second-order valence-corrected chi connectivity index (χ2v) is 5.47. The molecule has 2 nitrogen and oxygen atoms in total. The van der Waals surface area contributed by atoms with E-state index in [0.29, 0.717) is 6.54 Å². The number of benzene rings is 2. The van der Waals surface area contributed by atoms with Crippen LogP contribution in [0.4, 0.5) is 0 Å². The van der Waals surface area contributed by atoms with E-state index in [1.54, 1.807) is 4.90 Å². The third kappa shape index (κ3) is 3.27. The summed E-state index contributed by atoms with van der Waals surface area (Å²) < 4.78 is 0. The van der Waals surface area contributed by atoms with E-state index in [-0.39, 0.29) is 5.91 Å². The van der Waals surface area contributed by atoms with Crippen LogP contribution in [0.3, 0.4) is 0 Å². The van der Waals surface area contributed by atoms with E-state index in [1.165, 1.54) is 11.1 Å². The van der Waals surface area contributed by atoms with Crippen molar-refractivity contribution in [3.05, 3.63) is 70.3 Å². The van der Waals surface area contributed by atoms with E-state index in [4.69, 9.17) is 0 Å². The fourth-order valence-corrected chi connectivity index (χ4v) is 2.30. The van der Waals surface area contributed by atoms with Gasteiger partial charge in [0, 0.05) is 19.2 Å². The van der Waals surface area contributed by atoms with E-state index in [9.17, 15) is 4.79 Å². The maximum absolute atomic E-state index is 12.5. The van der Waals surface area contributed by atoms with Gasteiger partial charge in [0.15, 0.2) is 0 Å². The number of aryl methyl sites for hydroxylation is 3. The summed E-state index contributed by atoms with van der Waals surface area (Å²) in [5, 5.41) is 0. The molecule has 0 N–H and O–H groups in total. The fourth-order valence-electron chi connectivity index (χ4n) is 2.30. The zero-order valence-electron chi connectivity index (χ0n) is 12.6. The van der Waals surface area contributed by atoms with Crippen molar-refractivity contribution < 1.29 is 4.79 Å². The molecular formula is C18H21NO. The summed E-state index contributed by atoms with van der Waals surface area (Å²) in [6.07, 6.45) is 0. The first-order valence-corrected chi connectivity index (χ1v) is 6.85. The number of rotatable bonds is 3. The van der Waals surface area contributed by atoms with E-state index < -0.39 is 0 Å². The predicted molar refractivity (Wildman–Crippen MR) is 82.9 cm³/mol. The molecule has 2 aromatic carbocycles. The number of carbonyl (C=O) groups is 1. The maximum Gasteiger partial charge on any atom is 0.254 e. The van der Waals surface area contributed by atoms with Crippen LogP contribution < -0.4 is 0 Å². The van der Waals surface area contributed by atoms with Gasteiger partial charge in [-0.2, -0.15) is 0 Å². The molecule has 0 aromatic heterocycles. The molecule has 0 unspecified atom stereocenters. The molecule has 2 aromatic rings. The Hall–Kier alpha value is -2.09. The van der Waals surface area contributed by atoms with Crippen LogP contribution in [0, 0.1) is 20.8 Å². The minimum atomic E-state index is 0.0723. The van der Waals surface area contributed by atoms with E-state index in [2.05, 4.69) is 31.2 Å². The first-order valence-electron chi connectivity index (χ1n) is 6.85. The second-order valence-electron chi connectivity index (χ2n) is 5.47. The zero-order chi connectivity index (χ0) is 14.7. The zero-order valence-corrected chi connectivity index (χ0v) is 12.6. The van der Waals surface area contributed by atoms with Gasteiger partial charge in [0.1, 0.15) is 0 Å². The molecule has 0 spiro atoms. The quantitative estimate of drug-likeness (QED) is 0.826. The van der Waals surface area contributed by atoms with Crippen molar-refractivity contribution >= 4 is 5.91 Å². The lowest BCUT2D eigenvalue weighted by atomic mass is 10.0. The van der Waals surface area contributed by atoms with Gasteiger partial charge in [-0.15, -0.1) is 0 Å². The molecule has 0 aliphatic carbocycles. The van der Waals surface area contributed by atoms with Gasteiger partial charge in [0.25, 0.3) is 5.91 Å². The standard InChI is InChI=1S/C18H21NO/c1-13-5-8-16(9-6-13)12-19(4)18(20)17-10-7-14(2)11-15(17)3/h5-11H,12H2,1-4H3. The van der Waals surface area contributed by atoms with Crippen molar-refractivity contribution in [3.8, 4) is 0 Å². The molecule has 0 atom stereocenters. The smallest absolute Gasteiger partial charge is 0.254 e. The molecule has 2 rings (SSSR count). The summed E-state index contributed by atoms with van der Waals surface area (Å²) in [6.45, 7) is 6.72. The third-order valence-electron chi connectivity index (χ3n) is 3.50. The molecule has 2 heteroatoms. The Labute approximate surface area is 121 Å². The molecule has 104 valence electrons. The number of amides is 1. The molecular weight excluding hydrogens is 246 g/mol. The predicted octanol–water partition coefficient (Wildman–Crippen LogP) is 3.88. The molecule has 0 saturated carbocycles. The average Bonchev–Trinajstić information content (AvgIpc) is 2.40. The molecule has 0 aliphatic rings. The number of carbonyl (C=O) groups excluding carboxylic acids is 1. The summed E-state index contributed by atoms with van der Waals surface area (Å²) in [7, 11) is 1.85. The van der Waals surface area contributed by atoms with Crippen molar-refractivity contribution in [2.45, 2.75) is 27.3 Å². The molecule has 0 bridgehead atoms. The number of nitrogens with zero attached hydrogens (tertiary/aromatic N) is 1. The Morgan fingerprint density at radius 2 is 1.55 bits per heavy atom. The summed E-state index contributed by atoms with van der Waals surface area (Å²) in [5.74, 6) is 0.0723. The van der Waals surface area contributed by atoms with Gasteiger partial charge in [0.05, 0.1) is 0 Å². The fraction of sp³-hybridized carbons (Fsp3) is 0.278. The van der Waals surface area contributed by atoms with Crippen molar-refractivity contribution in [1.82, 2.24) is 4.90 Å². The minimum Gasteiger partial charge on any atom is -0.337 e. The summed E-state index contributed by atoms with van der Waals surface area (Å²) in [5.41, 5.74) is 5.38. The summed E-state index contributed by atoms with van der Waals surface area (Å²) in [4.78, 5) is 14.2. The van der Waals surface area contributed by atoms with Crippen LogP contribution >= 0.6 is 0 Å². The lowest BCUT2D eigenvalue weighted by Crippen LogP contribution is -2.26. The molecule has 0 aliphatic heterocycles. The average molecular weight is 267 g/mol. The molecule has 0 heterocycles. The van der Waals surface area contributed by atoms with E-state index in [1.807, 2.05) is 39.1 Å². The molecule has 0 saturated heterocycles. The topological polar surface area (TPSA) is 20.3 Å². The van der Waals surface area contributed by atoms with Gasteiger partial charge in [-0.05, 0) is 38.0 Å².